The van der Waals surface area contributed by atoms with Crippen LogP contribution in [0.25, 0.3) is 0 Å². The topological polar surface area (TPSA) is 107 Å². The van der Waals surface area contributed by atoms with E-state index >= 15 is 0 Å². The number of benzene rings is 1. The number of aromatic nitrogens is 1. The highest BCUT2D eigenvalue weighted by atomic mass is 32.2. The molecule has 0 spiro atoms. The second-order valence-corrected chi connectivity index (χ2v) is 9.82. The van der Waals surface area contributed by atoms with Gasteiger partial charge in [0.25, 0.3) is 5.12 Å². The number of aliphatic imine (C=N–C) groups is 1. The minimum absolute atomic E-state index is 0.0411. The Morgan fingerprint density at radius 3 is 2.38 bits per heavy atom. The lowest BCUT2D eigenvalue weighted by Crippen LogP contribution is -2.36. The molecule has 1 aliphatic rings. The number of nitrogens with one attached hydrogen (secondary N) is 1. The van der Waals surface area contributed by atoms with Gasteiger partial charge in [-0.25, -0.2) is 9.19 Å². The zero-order valence-corrected chi connectivity index (χ0v) is 20.8. The summed E-state index contributed by atoms with van der Waals surface area (Å²) in [6.07, 6.45) is 3.16. The fourth-order valence-corrected chi connectivity index (χ4v) is 4.01. The van der Waals surface area contributed by atoms with Crippen molar-refractivity contribution in [2.45, 2.75) is 40.7 Å². The van der Waals surface area contributed by atoms with Crippen LogP contribution < -0.4 is 14.2 Å². The number of ether oxygens (including phenoxy) is 2. The summed E-state index contributed by atoms with van der Waals surface area (Å²) in [4.78, 5) is 34.5. The fourth-order valence-electron chi connectivity index (χ4n) is 3.21. The molecule has 1 unspecified atom stereocenters. The third-order valence-electron chi connectivity index (χ3n) is 4.78. The Balaban J connectivity index is 1.79. The van der Waals surface area contributed by atoms with Gasteiger partial charge < -0.3 is 9.47 Å². The van der Waals surface area contributed by atoms with E-state index in [4.69, 9.17) is 9.47 Å². The summed E-state index contributed by atoms with van der Waals surface area (Å²) in [5.41, 5.74) is 0.546. The minimum Gasteiger partial charge on any atom is -0.494 e. The lowest BCUT2D eigenvalue weighted by molar-refractivity contribution is 0.106. The first-order valence-corrected chi connectivity index (χ1v) is 12.2. The smallest absolute Gasteiger partial charge is 0.269 e. The standard InChI is InChI=1S/C25H29N3O5S/c1-6-32-19-10-7-17(8-11-19)24(30)34(31)28-20-13-25(4,5)15-27-22(20)23(29)18-9-12-21(26-14-18)33-16(2)3/h7-14,16,28H,6,15H2,1-5H3. The van der Waals surface area contributed by atoms with E-state index in [1.165, 1.54) is 6.20 Å². The van der Waals surface area contributed by atoms with E-state index in [0.29, 0.717) is 30.3 Å². The van der Waals surface area contributed by atoms with Gasteiger partial charge in [-0.05, 0) is 51.1 Å². The van der Waals surface area contributed by atoms with Crippen molar-refractivity contribution in [3.05, 3.63) is 65.5 Å². The largest absolute Gasteiger partial charge is 0.494 e. The van der Waals surface area contributed by atoms with Crippen molar-refractivity contribution in [3.8, 4) is 11.6 Å². The van der Waals surface area contributed by atoms with Gasteiger partial charge in [-0.15, -0.1) is 0 Å². The van der Waals surface area contributed by atoms with Gasteiger partial charge >= 0.3 is 0 Å². The van der Waals surface area contributed by atoms with E-state index in [1.807, 2.05) is 34.6 Å². The Bertz CT molecular complexity index is 1140. The molecule has 1 atom stereocenters. The van der Waals surface area contributed by atoms with Crippen LogP contribution in [0.4, 0.5) is 0 Å². The normalized spacial score (nSPS) is 15.7. The van der Waals surface area contributed by atoms with Crippen molar-refractivity contribution >= 4 is 27.6 Å². The third kappa shape index (κ3) is 6.38. The number of hydrogen-bond donors (Lipinski definition) is 1. The first-order valence-electron chi connectivity index (χ1n) is 11.0. The Hall–Kier alpha value is -3.33. The van der Waals surface area contributed by atoms with Crippen LogP contribution in [0.2, 0.25) is 0 Å². The summed E-state index contributed by atoms with van der Waals surface area (Å²) in [6.45, 7) is 10.4. The van der Waals surface area contributed by atoms with Gasteiger partial charge in [0.15, 0.2) is 11.0 Å². The SMILES string of the molecule is CCOc1ccc(C(=O)S(=O)NC2=CC(C)(C)CN=C2C(=O)c2ccc(OC(C)C)nc2)cc1. The number of nitrogens with zero attached hydrogens (tertiary/aromatic N) is 2. The van der Waals surface area contributed by atoms with E-state index in [0.717, 1.165) is 0 Å². The molecule has 2 heterocycles. The highest BCUT2D eigenvalue weighted by molar-refractivity contribution is 7.99. The second kappa shape index (κ2) is 10.7. The van der Waals surface area contributed by atoms with Crippen molar-refractivity contribution in [2.24, 2.45) is 10.4 Å². The molecule has 1 aromatic carbocycles. The Kier molecular flexibility index (Phi) is 7.98. The van der Waals surface area contributed by atoms with Crippen molar-refractivity contribution in [1.82, 2.24) is 9.71 Å². The van der Waals surface area contributed by atoms with Gasteiger partial charge in [0, 0.05) is 35.3 Å². The zero-order chi connectivity index (χ0) is 24.9. The molecule has 2 aromatic rings. The average molecular weight is 484 g/mol. The van der Waals surface area contributed by atoms with E-state index < -0.39 is 16.1 Å². The number of Topliss-reactive ketones (excluding diaryl/α,β-unsaturated/α-hetero) is 1. The summed E-state index contributed by atoms with van der Waals surface area (Å²) >= 11 is 0. The average Bonchev–Trinajstić information content (AvgIpc) is 2.78. The monoisotopic (exact) mass is 483 g/mol. The minimum atomic E-state index is -2.13. The molecule has 34 heavy (non-hydrogen) atoms. The number of hydrogen-bond acceptors (Lipinski definition) is 7. The summed E-state index contributed by atoms with van der Waals surface area (Å²) in [5, 5.41) is -0.615. The Morgan fingerprint density at radius 2 is 1.79 bits per heavy atom. The van der Waals surface area contributed by atoms with Crippen LogP contribution in [-0.2, 0) is 11.0 Å². The molecule has 0 radical (unpaired) electrons. The summed E-state index contributed by atoms with van der Waals surface area (Å²) in [6, 6.07) is 9.62. The molecule has 1 aliphatic heterocycles. The van der Waals surface area contributed by atoms with Gasteiger partial charge in [-0.2, -0.15) is 0 Å². The molecule has 9 heteroatoms. The molecule has 0 amide bonds. The van der Waals surface area contributed by atoms with E-state index in [9.17, 15) is 13.8 Å². The molecule has 180 valence electrons. The maximum absolute atomic E-state index is 13.2. The third-order valence-corrected chi connectivity index (χ3v) is 5.75. The number of rotatable bonds is 9. The van der Waals surface area contributed by atoms with Crippen molar-refractivity contribution in [3.63, 3.8) is 0 Å². The van der Waals surface area contributed by atoms with E-state index in [1.54, 1.807) is 42.5 Å². The maximum Gasteiger partial charge on any atom is 0.269 e. The molecule has 0 saturated carbocycles. The van der Waals surface area contributed by atoms with Gasteiger partial charge in [-0.1, -0.05) is 19.9 Å². The van der Waals surface area contributed by atoms with Crippen LogP contribution in [-0.4, -0.2) is 45.1 Å². The molecule has 3 rings (SSSR count). The summed E-state index contributed by atoms with van der Waals surface area (Å²) in [5.74, 6) is 0.644. The zero-order valence-electron chi connectivity index (χ0n) is 20.0. The van der Waals surface area contributed by atoms with Gasteiger partial charge in [-0.3, -0.25) is 19.3 Å². The van der Waals surface area contributed by atoms with Crippen molar-refractivity contribution in [1.29, 1.82) is 0 Å². The Labute approximate surface area is 202 Å². The Morgan fingerprint density at radius 1 is 1.12 bits per heavy atom. The molecule has 0 bridgehead atoms. The summed E-state index contributed by atoms with van der Waals surface area (Å²) in [7, 11) is -2.13. The van der Waals surface area contributed by atoms with Crippen LogP contribution in [0.15, 0.2) is 59.4 Å². The van der Waals surface area contributed by atoms with Gasteiger partial charge in [0.1, 0.15) is 11.5 Å². The van der Waals surface area contributed by atoms with Gasteiger partial charge in [0.05, 0.1) is 18.4 Å². The first kappa shape index (κ1) is 25.3. The number of dihydropyridines is 1. The number of carbonyl (C=O) groups excluding carboxylic acids is 2. The number of allylic oxidation sites excluding steroid dienone is 1. The predicted molar refractivity (Wildman–Crippen MR) is 132 cm³/mol. The number of ketones is 1. The lowest BCUT2D eigenvalue weighted by atomic mass is 9.88. The highest BCUT2D eigenvalue weighted by Crippen LogP contribution is 2.26. The van der Waals surface area contributed by atoms with Crippen LogP contribution in [0.3, 0.4) is 0 Å². The second-order valence-electron chi connectivity index (χ2n) is 8.71. The number of pyridine rings is 1. The van der Waals surface area contributed by atoms with Crippen LogP contribution in [0.1, 0.15) is 55.3 Å². The van der Waals surface area contributed by atoms with Crippen LogP contribution in [0, 0.1) is 5.41 Å². The van der Waals surface area contributed by atoms with E-state index in [2.05, 4.69) is 14.7 Å². The molecular formula is C25H29N3O5S. The molecule has 0 fully saturated rings. The number of carbonyl (C=O) groups is 2. The summed E-state index contributed by atoms with van der Waals surface area (Å²) < 4.78 is 26.5. The maximum atomic E-state index is 13.2. The van der Waals surface area contributed by atoms with Crippen LogP contribution >= 0.6 is 0 Å². The molecule has 1 N–H and O–H groups in total. The van der Waals surface area contributed by atoms with E-state index in [-0.39, 0.29) is 34.3 Å². The molecule has 1 aromatic heterocycles. The van der Waals surface area contributed by atoms with Crippen molar-refractivity contribution in [2.75, 3.05) is 13.2 Å². The van der Waals surface area contributed by atoms with Crippen molar-refractivity contribution < 1.29 is 23.3 Å². The van der Waals surface area contributed by atoms with Crippen LogP contribution in [0.5, 0.6) is 11.6 Å². The molecule has 8 nitrogen and oxygen atoms in total. The fraction of sp³-hybridized carbons (Fsp3) is 0.360. The quantitative estimate of drug-likeness (QED) is 0.542. The highest BCUT2D eigenvalue weighted by Gasteiger charge is 2.30. The van der Waals surface area contributed by atoms with Gasteiger partial charge in [0.2, 0.25) is 11.7 Å². The predicted octanol–water partition coefficient (Wildman–Crippen LogP) is 3.91. The first-order chi connectivity index (χ1) is 16.1. The molecular weight excluding hydrogens is 454 g/mol. The molecule has 0 aliphatic carbocycles. The lowest BCUT2D eigenvalue weighted by Gasteiger charge is -2.26. The molecule has 0 saturated heterocycles.